The predicted molar refractivity (Wildman–Crippen MR) is 129 cm³/mol. The highest BCUT2D eigenvalue weighted by Gasteiger charge is 2.53. The fourth-order valence-electron chi connectivity index (χ4n) is 5.68. The maximum Gasteiger partial charge on any atom is 0.326 e. The molecule has 2 saturated heterocycles. The second kappa shape index (κ2) is 9.82. The molecule has 2 aliphatic heterocycles. The van der Waals surface area contributed by atoms with Crippen LogP contribution >= 0.6 is 0 Å². The maximum atomic E-state index is 14.1. The van der Waals surface area contributed by atoms with E-state index in [4.69, 9.17) is 4.74 Å². The number of benzene rings is 3. The molecule has 2 heterocycles. The quantitative estimate of drug-likeness (QED) is 0.552. The summed E-state index contributed by atoms with van der Waals surface area (Å²) in [7, 11) is 0. The monoisotopic (exact) mass is 455 g/mol. The van der Waals surface area contributed by atoms with Crippen molar-refractivity contribution in [3.8, 4) is 0 Å². The number of carbonyl (C=O) groups is 2. The van der Waals surface area contributed by atoms with Crippen molar-refractivity contribution in [1.29, 1.82) is 0 Å². The molecule has 174 valence electrons. The number of fused-ring (bicyclic) bond motifs is 3. The number of nitrogens with zero attached hydrogens (tertiary/aromatic N) is 1. The first kappa shape index (κ1) is 22.4. The Balaban J connectivity index is 1.43. The Hall–Kier alpha value is -3.44. The molecule has 2 bridgehead atoms. The van der Waals surface area contributed by atoms with Gasteiger partial charge in [-0.15, -0.1) is 0 Å². The van der Waals surface area contributed by atoms with Crippen molar-refractivity contribution >= 4 is 11.9 Å². The standard InChI is InChI=1S/C29H29NO4/c31-28(26(21-12-6-2-7-13-21)22-14-8-3-9-15-22)30-23-16-17-24(27(30)29(32)33)25(18-23)34-19-20-10-4-1-5-11-20/h1-15,23-27H,16-19H2,(H,32,33)/t23-,24+,25?,27-/m0/s1. The fraction of sp³-hybridized carbons (Fsp3) is 0.310. The lowest BCUT2D eigenvalue weighted by atomic mass is 9.71. The van der Waals surface area contributed by atoms with Crippen molar-refractivity contribution < 1.29 is 19.4 Å². The van der Waals surface area contributed by atoms with Gasteiger partial charge in [0.25, 0.3) is 0 Å². The molecule has 0 radical (unpaired) electrons. The Labute approximate surface area is 200 Å². The molecule has 5 heteroatoms. The van der Waals surface area contributed by atoms with E-state index in [0.29, 0.717) is 13.0 Å². The van der Waals surface area contributed by atoms with Crippen molar-refractivity contribution in [3.05, 3.63) is 108 Å². The lowest BCUT2D eigenvalue weighted by Crippen LogP contribution is -2.65. The summed E-state index contributed by atoms with van der Waals surface area (Å²) in [5.41, 5.74) is 2.82. The minimum Gasteiger partial charge on any atom is -0.480 e. The van der Waals surface area contributed by atoms with Gasteiger partial charge in [-0.25, -0.2) is 4.79 Å². The lowest BCUT2D eigenvalue weighted by Gasteiger charge is -2.53. The van der Waals surface area contributed by atoms with Gasteiger partial charge in [-0.05, 0) is 36.0 Å². The Morgan fingerprint density at radius 3 is 1.97 bits per heavy atom. The smallest absolute Gasteiger partial charge is 0.326 e. The summed E-state index contributed by atoms with van der Waals surface area (Å²) in [6.45, 7) is 0.450. The van der Waals surface area contributed by atoms with Crippen LogP contribution in [0.4, 0.5) is 0 Å². The number of hydrogen-bond donors (Lipinski definition) is 1. The van der Waals surface area contributed by atoms with Crippen LogP contribution in [-0.2, 0) is 20.9 Å². The average Bonchev–Trinajstić information content (AvgIpc) is 2.89. The molecule has 3 aromatic rings. The second-order valence-electron chi connectivity index (χ2n) is 9.25. The zero-order valence-corrected chi connectivity index (χ0v) is 19.0. The lowest BCUT2D eigenvalue weighted by molar-refractivity contribution is -0.177. The molecule has 3 aliphatic rings. The zero-order valence-electron chi connectivity index (χ0n) is 19.0. The van der Waals surface area contributed by atoms with Gasteiger partial charge < -0.3 is 14.7 Å². The molecule has 1 aliphatic carbocycles. The van der Waals surface area contributed by atoms with Gasteiger partial charge in [0.1, 0.15) is 6.04 Å². The van der Waals surface area contributed by atoms with Crippen LogP contribution in [0.1, 0.15) is 41.9 Å². The van der Waals surface area contributed by atoms with Gasteiger partial charge in [-0.1, -0.05) is 91.0 Å². The molecule has 1 amide bonds. The topological polar surface area (TPSA) is 66.8 Å². The minimum atomic E-state index is -0.948. The molecule has 34 heavy (non-hydrogen) atoms. The first-order valence-corrected chi connectivity index (χ1v) is 11.9. The van der Waals surface area contributed by atoms with Gasteiger partial charge in [0.2, 0.25) is 5.91 Å². The largest absolute Gasteiger partial charge is 0.480 e. The Bertz CT molecular complexity index is 1080. The molecule has 1 unspecified atom stereocenters. The van der Waals surface area contributed by atoms with E-state index < -0.39 is 17.9 Å². The van der Waals surface area contributed by atoms with E-state index >= 15 is 0 Å². The molecule has 1 saturated carbocycles. The number of hydrogen-bond acceptors (Lipinski definition) is 3. The number of carboxylic acids is 1. The van der Waals surface area contributed by atoms with Crippen molar-refractivity contribution in [2.24, 2.45) is 5.92 Å². The third-order valence-corrected chi connectivity index (χ3v) is 7.24. The van der Waals surface area contributed by atoms with E-state index in [0.717, 1.165) is 29.5 Å². The van der Waals surface area contributed by atoms with E-state index in [9.17, 15) is 14.7 Å². The van der Waals surface area contributed by atoms with Crippen LogP contribution in [0.15, 0.2) is 91.0 Å². The minimum absolute atomic E-state index is 0.138. The van der Waals surface area contributed by atoms with Crippen LogP contribution in [0.2, 0.25) is 0 Å². The van der Waals surface area contributed by atoms with Crippen LogP contribution in [0.5, 0.6) is 0 Å². The average molecular weight is 456 g/mol. The van der Waals surface area contributed by atoms with Crippen molar-refractivity contribution in [2.75, 3.05) is 0 Å². The summed E-state index contributed by atoms with van der Waals surface area (Å²) < 4.78 is 6.24. The van der Waals surface area contributed by atoms with Crippen LogP contribution in [-0.4, -0.2) is 40.1 Å². The van der Waals surface area contributed by atoms with E-state index in [2.05, 4.69) is 0 Å². The second-order valence-corrected chi connectivity index (χ2v) is 9.25. The zero-order chi connectivity index (χ0) is 23.5. The maximum absolute atomic E-state index is 14.1. The van der Waals surface area contributed by atoms with Gasteiger partial charge in [0, 0.05) is 12.0 Å². The van der Waals surface area contributed by atoms with Gasteiger partial charge >= 0.3 is 5.97 Å². The van der Waals surface area contributed by atoms with Gasteiger partial charge in [-0.2, -0.15) is 0 Å². The predicted octanol–water partition coefficient (Wildman–Crippen LogP) is 4.87. The molecule has 4 atom stereocenters. The molecule has 3 fully saturated rings. The third kappa shape index (κ3) is 4.36. The number of ether oxygens (including phenoxy) is 1. The molecule has 3 aromatic carbocycles. The fourth-order valence-corrected chi connectivity index (χ4v) is 5.68. The molecule has 0 aromatic heterocycles. The van der Waals surface area contributed by atoms with Crippen LogP contribution < -0.4 is 0 Å². The van der Waals surface area contributed by atoms with Crippen molar-refractivity contribution in [3.63, 3.8) is 0 Å². The van der Waals surface area contributed by atoms with Crippen LogP contribution in [0.25, 0.3) is 0 Å². The molecule has 1 N–H and O–H groups in total. The number of amides is 1. The van der Waals surface area contributed by atoms with Gasteiger partial charge in [-0.3, -0.25) is 4.79 Å². The van der Waals surface area contributed by atoms with E-state index in [1.807, 2.05) is 91.0 Å². The number of carboxylic acid groups (broad SMARTS) is 1. The molecule has 5 nitrogen and oxygen atoms in total. The Morgan fingerprint density at radius 2 is 1.41 bits per heavy atom. The highest BCUT2D eigenvalue weighted by atomic mass is 16.5. The molecule has 6 rings (SSSR count). The van der Waals surface area contributed by atoms with Crippen LogP contribution in [0, 0.1) is 5.92 Å². The third-order valence-electron chi connectivity index (χ3n) is 7.24. The SMILES string of the molecule is O=C(O)[C@@H]1[C@@H]2CC[C@@H](CC2OCc2ccccc2)N1C(=O)C(c1ccccc1)c1ccccc1. The Kier molecular flexibility index (Phi) is 6.45. The summed E-state index contributed by atoms with van der Waals surface area (Å²) in [6, 6.07) is 28.2. The first-order valence-electron chi connectivity index (χ1n) is 11.9. The van der Waals surface area contributed by atoms with E-state index in [1.165, 1.54) is 0 Å². The van der Waals surface area contributed by atoms with E-state index in [-0.39, 0.29) is 24.0 Å². The Morgan fingerprint density at radius 1 is 0.853 bits per heavy atom. The summed E-state index contributed by atoms with van der Waals surface area (Å²) in [4.78, 5) is 28.3. The van der Waals surface area contributed by atoms with Gasteiger partial charge in [0.05, 0.1) is 18.6 Å². The number of aliphatic carboxylic acids is 1. The van der Waals surface area contributed by atoms with Crippen LogP contribution in [0.3, 0.4) is 0 Å². The number of piperidine rings is 2. The summed E-state index contributed by atoms with van der Waals surface area (Å²) in [5.74, 6) is -1.84. The summed E-state index contributed by atoms with van der Waals surface area (Å²) >= 11 is 0. The summed E-state index contributed by atoms with van der Waals surface area (Å²) in [5, 5.41) is 10.3. The van der Waals surface area contributed by atoms with E-state index in [1.54, 1.807) is 4.90 Å². The van der Waals surface area contributed by atoms with Crippen molar-refractivity contribution in [2.45, 2.75) is 50.0 Å². The van der Waals surface area contributed by atoms with Crippen molar-refractivity contribution in [1.82, 2.24) is 4.90 Å². The highest BCUT2D eigenvalue weighted by Crippen LogP contribution is 2.44. The van der Waals surface area contributed by atoms with Gasteiger partial charge in [0.15, 0.2) is 0 Å². The highest BCUT2D eigenvalue weighted by molar-refractivity contribution is 5.91. The normalized spacial score (nSPS) is 23.7. The number of carbonyl (C=O) groups excluding carboxylic acids is 1. The first-order chi connectivity index (χ1) is 16.6. The molecular weight excluding hydrogens is 426 g/mol. The molecule has 0 spiro atoms. The summed E-state index contributed by atoms with van der Waals surface area (Å²) in [6.07, 6.45) is 2.06. The molecular formula is C29H29NO4. The number of rotatable bonds is 7.